The number of carbonyl (C=O) groups is 2. The lowest BCUT2D eigenvalue weighted by Crippen LogP contribution is -2.31. The minimum atomic E-state index is 0.00714. The summed E-state index contributed by atoms with van der Waals surface area (Å²) in [6.07, 6.45) is 31.8. The molecule has 1 aliphatic heterocycles. The molecule has 1 rings (SSSR count). The summed E-state index contributed by atoms with van der Waals surface area (Å²) in [7, 11) is 0. The summed E-state index contributed by atoms with van der Waals surface area (Å²) < 4.78 is 11.4. The summed E-state index contributed by atoms with van der Waals surface area (Å²) in [6.45, 7) is 23.2. The summed E-state index contributed by atoms with van der Waals surface area (Å²) >= 11 is 0. The first-order valence-electron chi connectivity index (χ1n) is 23.5. The van der Waals surface area contributed by atoms with E-state index in [9.17, 15) is 9.59 Å². The third kappa shape index (κ3) is 29.8. The van der Waals surface area contributed by atoms with Gasteiger partial charge in [-0.1, -0.05) is 165 Å². The van der Waals surface area contributed by atoms with E-state index in [0.717, 1.165) is 44.4 Å². The number of piperidine rings is 1. The highest BCUT2D eigenvalue weighted by atomic mass is 16.5. The Balaban J connectivity index is 2.16. The number of ether oxygens (including phenoxy) is 2. The van der Waals surface area contributed by atoms with Crippen molar-refractivity contribution < 1.29 is 19.1 Å². The lowest BCUT2D eigenvalue weighted by atomic mass is 9.89. The smallest absolute Gasteiger partial charge is 0.305 e. The van der Waals surface area contributed by atoms with Crippen LogP contribution in [-0.4, -0.2) is 49.7 Å². The van der Waals surface area contributed by atoms with Crippen LogP contribution in [0.1, 0.15) is 222 Å². The van der Waals surface area contributed by atoms with E-state index < -0.39 is 0 Å². The Morgan fingerprint density at radius 3 is 1.21 bits per heavy atom. The van der Waals surface area contributed by atoms with E-state index in [4.69, 9.17) is 9.47 Å². The highest BCUT2D eigenvalue weighted by Crippen LogP contribution is 2.25. The third-order valence-electron chi connectivity index (χ3n) is 12.3. The first kappa shape index (κ1) is 49.9. The Bertz CT molecular complexity index is 790. The second kappa shape index (κ2) is 33.1. The molecular weight excluding hydrogens is 655 g/mol. The van der Waals surface area contributed by atoms with Crippen molar-refractivity contribution in [1.82, 2.24) is 4.90 Å². The average molecular weight is 748 g/mol. The van der Waals surface area contributed by atoms with E-state index in [2.05, 4.69) is 60.3 Å². The van der Waals surface area contributed by atoms with Crippen LogP contribution in [0.15, 0.2) is 0 Å². The minimum Gasteiger partial charge on any atom is -0.465 e. The van der Waals surface area contributed by atoms with Crippen LogP contribution in [0.4, 0.5) is 0 Å². The molecule has 0 aromatic carbocycles. The maximum absolute atomic E-state index is 12.3. The molecule has 0 N–H and O–H groups in total. The Morgan fingerprint density at radius 2 is 0.830 bits per heavy atom. The number of unbranched alkanes of at least 4 members (excludes halogenated alkanes) is 12. The van der Waals surface area contributed by atoms with Gasteiger partial charge >= 0.3 is 11.9 Å². The van der Waals surface area contributed by atoms with Gasteiger partial charge in [0.1, 0.15) is 0 Å². The monoisotopic (exact) mass is 748 g/mol. The minimum absolute atomic E-state index is 0.00714. The zero-order chi connectivity index (χ0) is 39.1. The SMILES string of the molecule is CC(C)CCC(COC(=O)CCCCCCCCCC(CCCCCCCCCC(=O)OCC(CCC(C)C)C(C)C)CCN1CCCCC1)C(C)C. The molecule has 0 aliphatic carbocycles. The van der Waals surface area contributed by atoms with Crippen molar-refractivity contribution in [3.05, 3.63) is 0 Å². The topological polar surface area (TPSA) is 55.8 Å². The lowest BCUT2D eigenvalue weighted by Gasteiger charge is -2.28. The molecular formula is C48H93NO4. The van der Waals surface area contributed by atoms with Crippen molar-refractivity contribution in [1.29, 1.82) is 0 Å². The molecule has 0 amide bonds. The highest BCUT2D eigenvalue weighted by molar-refractivity contribution is 5.69. The van der Waals surface area contributed by atoms with E-state index in [0.29, 0.717) is 61.6 Å². The molecule has 53 heavy (non-hydrogen) atoms. The summed E-state index contributed by atoms with van der Waals surface area (Å²) in [5.41, 5.74) is 0. The van der Waals surface area contributed by atoms with Crippen molar-refractivity contribution in [3.8, 4) is 0 Å². The van der Waals surface area contributed by atoms with Crippen molar-refractivity contribution in [2.24, 2.45) is 41.4 Å². The van der Waals surface area contributed by atoms with Gasteiger partial charge in [-0.2, -0.15) is 0 Å². The third-order valence-corrected chi connectivity index (χ3v) is 12.3. The predicted octanol–water partition coefficient (Wildman–Crippen LogP) is 14.0. The Hall–Kier alpha value is -1.10. The van der Waals surface area contributed by atoms with Crippen LogP contribution in [0.2, 0.25) is 0 Å². The maximum atomic E-state index is 12.3. The van der Waals surface area contributed by atoms with Gasteiger partial charge in [-0.15, -0.1) is 0 Å². The van der Waals surface area contributed by atoms with Crippen LogP contribution in [0, 0.1) is 41.4 Å². The van der Waals surface area contributed by atoms with Crippen LogP contribution >= 0.6 is 0 Å². The molecule has 5 heteroatoms. The number of hydrogen-bond acceptors (Lipinski definition) is 5. The first-order chi connectivity index (χ1) is 25.5. The molecule has 1 heterocycles. The Labute approximate surface area is 331 Å². The molecule has 0 spiro atoms. The van der Waals surface area contributed by atoms with Gasteiger partial charge in [0.05, 0.1) is 13.2 Å². The summed E-state index contributed by atoms with van der Waals surface area (Å²) in [5.74, 6) is 4.43. The molecule has 314 valence electrons. The van der Waals surface area contributed by atoms with E-state index in [1.165, 1.54) is 135 Å². The molecule has 1 aliphatic rings. The van der Waals surface area contributed by atoms with Gasteiger partial charge in [-0.05, 0) is 106 Å². The van der Waals surface area contributed by atoms with Crippen LogP contribution < -0.4 is 0 Å². The van der Waals surface area contributed by atoms with Crippen molar-refractivity contribution in [3.63, 3.8) is 0 Å². The zero-order valence-electron chi connectivity index (χ0n) is 37.0. The predicted molar refractivity (Wildman–Crippen MR) is 228 cm³/mol. The number of rotatable bonds is 35. The lowest BCUT2D eigenvalue weighted by molar-refractivity contribution is -0.146. The van der Waals surface area contributed by atoms with Gasteiger partial charge in [-0.3, -0.25) is 9.59 Å². The summed E-state index contributed by atoms with van der Waals surface area (Å²) in [5, 5.41) is 0. The molecule has 5 nitrogen and oxygen atoms in total. The van der Waals surface area contributed by atoms with Crippen LogP contribution in [0.5, 0.6) is 0 Å². The van der Waals surface area contributed by atoms with Crippen LogP contribution in [0.3, 0.4) is 0 Å². The van der Waals surface area contributed by atoms with Gasteiger partial charge in [0.15, 0.2) is 0 Å². The van der Waals surface area contributed by atoms with Crippen molar-refractivity contribution >= 4 is 11.9 Å². The summed E-state index contributed by atoms with van der Waals surface area (Å²) in [6, 6.07) is 0. The fraction of sp³-hybridized carbons (Fsp3) is 0.958. The number of esters is 2. The van der Waals surface area contributed by atoms with Gasteiger partial charge < -0.3 is 14.4 Å². The highest BCUT2D eigenvalue weighted by Gasteiger charge is 2.18. The second-order valence-electron chi connectivity index (χ2n) is 18.9. The number of likely N-dealkylation sites (tertiary alicyclic amines) is 1. The molecule has 0 radical (unpaired) electrons. The molecule has 1 fully saturated rings. The standard InChI is InChI=1S/C48H93NO4/c1-40(2)30-32-45(42(5)6)38-52-47(50)28-22-17-13-9-11-15-20-26-44(34-37-49-35-24-19-25-36-49)27-21-16-12-10-14-18-23-29-48(51)53-39-46(43(7)8)33-31-41(3)4/h40-46H,9-39H2,1-8H3. The van der Waals surface area contributed by atoms with Crippen LogP contribution in [-0.2, 0) is 19.1 Å². The van der Waals surface area contributed by atoms with Crippen molar-refractivity contribution in [2.45, 2.75) is 222 Å². The largest absolute Gasteiger partial charge is 0.465 e. The average Bonchev–Trinajstić information content (AvgIpc) is 3.11. The van der Waals surface area contributed by atoms with Crippen molar-refractivity contribution in [2.75, 3.05) is 32.8 Å². The second-order valence-corrected chi connectivity index (χ2v) is 18.9. The van der Waals surface area contributed by atoms with Crippen LogP contribution in [0.25, 0.3) is 0 Å². The zero-order valence-corrected chi connectivity index (χ0v) is 37.0. The number of nitrogens with zero attached hydrogens (tertiary/aromatic N) is 1. The fourth-order valence-electron chi connectivity index (χ4n) is 8.01. The molecule has 2 atom stereocenters. The molecule has 0 aromatic heterocycles. The Kier molecular flexibility index (Phi) is 31.2. The van der Waals surface area contributed by atoms with E-state index in [-0.39, 0.29) is 11.9 Å². The summed E-state index contributed by atoms with van der Waals surface area (Å²) in [4.78, 5) is 27.4. The van der Waals surface area contributed by atoms with Gasteiger partial charge in [-0.25, -0.2) is 0 Å². The van der Waals surface area contributed by atoms with Gasteiger partial charge in [0, 0.05) is 12.8 Å². The molecule has 2 unspecified atom stereocenters. The maximum Gasteiger partial charge on any atom is 0.305 e. The van der Waals surface area contributed by atoms with Gasteiger partial charge in [0.25, 0.3) is 0 Å². The molecule has 0 aromatic rings. The van der Waals surface area contributed by atoms with E-state index in [1.807, 2.05) is 0 Å². The quantitative estimate of drug-likeness (QED) is 0.0477. The number of carbonyl (C=O) groups excluding carboxylic acids is 2. The molecule has 0 bridgehead atoms. The number of hydrogen-bond donors (Lipinski definition) is 0. The normalized spacial score (nSPS) is 15.8. The Morgan fingerprint density at radius 1 is 0.453 bits per heavy atom. The first-order valence-corrected chi connectivity index (χ1v) is 23.5. The van der Waals surface area contributed by atoms with E-state index in [1.54, 1.807) is 0 Å². The molecule has 0 saturated carbocycles. The van der Waals surface area contributed by atoms with Gasteiger partial charge in [0.2, 0.25) is 0 Å². The fourth-order valence-corrected chi connectivity index (χ4v) is 8.01. The van der Waals surface area contributed by atoms with E-state index >= 15 is 0 Å². The molecule has 1 saturated heterocycles.